The average molecular weight is 401 g/mol. The summed E-state index contributed by atoms with van der Waals surface area (Å²) in [5.74, 6) is 0.697. The number of aromatic nitrogens is 2. The predicted octanol–water partition coefficient (Wildman–Crippen LogP) is 4.41. The van der Waals surface area contributed by atoms with Gasteiger partial charge in [-0.1, -0.05) is 18.2 Å². The maximum absolute atomic E-state index is 12.6. The van der Waals surface area contributed by atoms with Crippen molar-refractivity contribution in [1.82, 2.24) is 9.97 Å². The lowest BCUT2D eigenvalue weighted by Crippen LogP contribution is -2.15. The lowest BCUT2D eigenvalue weighted by atomic mass is 10.0. The van der Waals surface area contributed by atoms with E-state index >= 15 is 0 Å². The number of aryl methyl sites for hydroxylation is 2. The van der Waals surface area contributed by atoms with E-state index in [0.29, 0.717) is 18.5 Å². The van der Waals surface area contributed by atoms with Gasteiger partial charge in [-0.2, -0.15) is 0 Å². The van der Waals surface area contributed by atoms with Crippen molar-refractivity contribution in [3.05, 3.63) is 82.3 Å². The summed E-state index contributed by atoms with van der Waals surface area (Å²) in [6.45, 7) is 1.80. The van der Waals surface area contributed by atoms with Crippen LogP contribution in [0, 0.1) is 6.92 Å². The van der Waals surface area contributed by atoms with Crippen LogP contribution < -0.4 is 15.6 Å². The van der Waals surface area contributed by atoms with E-state index in [1.807, 2.05) is 42.5 Å². The maximum Gasteiger partial charge on any atom is 0.248 e. The van der Waals surface area contributed by atoms with Gasteiger partial charge >= 0.3 is 0 Å². The van der Waals surface area contributed by atoms with E-state index in [2.05, 4.69) is 21.4 Å². The van der Waals surface area contributed by atoms with Crippen LogP contribution in [-0.2, 0) is 11.2 Å². The Labute approximate surface area is 173 Å². The van der Waals surface area contributed by atoms with E-state index in [9.17, 15) is 9.59 Å². The number of para-hydroxylation sites is 1. The average Bonchev–Trinajstić information content (AvgIpc) is 3.13. The number of benzene rings is 2. The molecule has 2 aromatic carbocycles. The number of pyridine rings is 1. The number of carbonyl (C=O) groups is 1. The number of hydrogen-bond donors (Lipinski definition) is 3. The monoisotopic (exact) mass is 401 g/mol. The molecule has 30 heavy (non-hydrogen) atoms. The van der Waals surface area contributed by atoms with Gasteiger partial charge in [0.15, 0.2) is 0 Å². The SMILES string of the molecule is COc1ccc(-c2[nH]c3ccccc3c2CCC(=O)Nc2c[nH]c(=O)cc2C)cc1. The second-order valence-electron chi connectivity index (χ2n) is 7.19. The van der Waals surface area contributed by atoms with Crippen LogP contribution in [-0.4, -0.2) is 23.0 Å². The van der Waals surface area contributed by atoms with Crippen LogP contribution in [0.15, 0.2) is 65.6 Å². The molecule has 0 radical (unpaired) electrons. The van der Waals surface area contributed by atoms with Crippen LogP contribution in [0.25, 0.3) is 22.2 Å². The third-order valence-electron chi connectivity index (χ3n) is 5.20. The normalized spacial score (nSPS) is 10.9. The van der Waals surface area contributed by atoms with Gasteiger partial charge in [0.05, 0.1) is 12.8 Å². The largest absolute Gasteiger partial charge is 0.497 e. The molecule has 1 amide bonds. The first kappa shape index (κ1) is 19.5. The molecule has 0 spiro atoms. The molecule has 2 heterocycles. The first-order valence-electron chi connectivity index (χ1n) is 9.78. The highest BCUT2D eigenvalue weighted by Crippen LogP contribution is 2.32. The number of carbonyl (C=O) groups excluding carboxylic acids is 1. The van der Waals surface area contributed by atoms with Gasteiger partial charge in [0.1, 0.15) is 5.75 Å². The second-order valence-corrected chi connectivity index (χ2v) is 7.19. The van der Waals surface area contributed by atoms with E-state index < -0.39 is 0 Å². The molecule has 0 atom stereocenters. The zero-order valence-corrected chi connectivity index (χ0v) is 16.9. The zero-order chi connectivity index (χ0) is 21.1. The summed E-state index contributed by atoms with van der Waals surface area (Å²) in [7, 11) is 1.64. The van der Waals surface area contributed by atoms with Crippen molar-refractivity contribution < 1.29 is 9.53 Å². The molecule has 0 fully saturated rings. The second kappa shape index (κ2) is 8.29. The lowest BCUT2D eigenvalue weighted by molar-refractivity contribution is -0.116. The molecular weight excluding hydrogens is 378 g/mol. The number of amides is 1. The summed E-state index contributed by atoms with van der Waals surface area (Å²) >= 11 is 0. The molecule has 0 aliphatic carbocycles. The Hall–Kier alpha value is -3.80. The molecular formula is C24H23N3O3. The molecule has 4 aromatic rings. The summed E-state index contributed by atoms with van der Waals surface area (Å²) < 4.78 is 5.26. The summed E-state index contributed by atoms with van der Waals surface area (Å²) in [5, 5.41) is 3.99. The summed E-state index contributed by atoms with van der Waals surface area (Å²) in [6, 6.07) is 17.4. The minimum absolute atomic E-state index is 0.101. The molecule has 6 nitrogen and oxygen atoms in total. The van der Waals surface area contributed by atoms with Gasteiger partial charge in [-0.3, -0.25) is 9.59 Å². The fourth-order valence-electron chi connectivity index (χ4n) is 3.62. The Morgan fingerprint density at radius 2 is 1.87 bits per heavy atom. The number of rotatable bonds is 6. The number of hydrogen-bond acceptors (Lipinski definition) is 3. The van der Waals surface area contributed by atoms with Crippen molar-refractivity contribution in [1.29, 1.82) is 0 Å². The number of methoxy groups -OCH3 is 1. The number of ether oxygens (including phenoxy) is 1. The first-order chi connectivity index (χ1) is 14.5. The maximum atomic E-state index is 12.6. The molecule has 4 rings (SSSR count). The Balaban J connectivity index is 1.59. The Bertz CT molecular complexity index is 1250. The van der Waals surface area contributed by atoms with E-state index in [-0.39, 0.29) is 11.5 Å². The third-order valence-corrected chi connectivity index (χ3v) is 5.20. The van der Waals surface area contributed by atoms with Crippen molar-refractivity contribution in [2.75, 3.05) is 12.4 Å². The van der Waals surface area contributed by atoms with Crippen molar-refractivity contribution in [3.8, 4) is 17.0 Å². The fraction of sp³-hybridized carbons (Fsp3) is 0.167. The Kier molecular flexibility index (Phi) is 5.39. The standard InChI is InChI=1S/C24H23N3O3/c1-15-13-23(29)25-14-21(15)26-22(28)12-11-19-18-5-3-4-6-20(18)27-24(19)16-7-9-17(30-2)10-8-16/h3-10,13-14,27H,11-12H2,1-2H3,(H,25,29)(H,26,28). The van der Waals surface area contributed by atoms with Crippen LogP contribution >= 0.6 is 0 Å². The zero-order valence-electron chi connectivity index (χ0n) is 16.9. The van der Waals surface area contributed by atoms with Crippen LogP contribution in [0.2, 0.25) is 0 Å². The van der Waals surface area contributed by atoms with Gasteiger partial charge in [0, 0.05) is 35.3 Å². The van der Waals surface area contributed by atoms with Gasteiger partial charge in [-0.05, 0) is 60.4 Å². The number of nitrogens with one attached hydrogen (secondary N) is 3. The molecule has 0 bridgehead atoms. The van der Waals surface area contributed by atoms with Crippen LogP contribution in [0.5, 0.6) is 5.75 Å². The number of H-pyrrole nitrogens is 2. The van der Waals surface area contributed by atoms with Gasteiger partial charge in [0.25, 0.3) is 0 Å². The van der Waals surface area contributed by atoms with E-state index in [4.69, 9.17) is 4.74 Å². The van der Waals surface area contributed by atoms with Crippen molar-refractivity contribution in [3.63, 3.8) is 0 Å². The molecule has 0 aliphatic heterocycles. The highest BCUT2D eigenvalue weighted by molar-refractivity contribution is 5.94. The molecule has 152 valence electrons. The highest BCUT2D eigenvalue weighted by Gasteiger charge is 2.15. The van der Waals surface area contributed by atoms with E-state index in [0.717, 1.165) is 39.0 Å². The summed E-state index contributed by atoms with van der Waals surface area (Å²) in [6.07, 6.45) is 2.44. The lowest BCUT2D eigenvalue weighted by Gasteiger charge is -2.09. The van der Waals surface area contributed by atoms with Crippen molar-refractivity contribution >= 4 is 22.5 Å². The highest BCUT2D eigenvalue weighted by atomic mass is 16.5. The molecule has 0 saturated carbocycles. The smallest absolute Gasteiger partial charge is 0.248 e. The van der Waals surface area contributed by atoms with Gasteiger partial charge in [-0.15, -0.1) is 0 Å². The van der Waals surface area contributed by atoms with Crippen molar-refractivity contribution in [2.24, 2.45) is 0 Å². The Morgan fingerprint density at radius 1 is 1.10 bits per heavy atom. The number of anilines is 1. The fourth-order valence-corrected chi connectivity index (χ4v) is 3.62. The molecule has 0 aliphatic rings. The van der Waals surface area contributed by atoms with E-state index in [1.165, 1.54) is 12.3 Å². The van der Waals surface area contributed by atoms with Crippen LogP contribution in [0.4, 0.5) is 5.69 Å². The molecule has 3 N–H and O–H groups in total. The minimum atomic E-state index is -0.187. The first-order valence-corrected chi connectivity index (χ1v) is 9.78. The van der Waals surface area contributed by atoms with Gasteiger partial charge < -0.3 is 20.0 Å². The number of fused-ring (bicyclic) bond motifs is 1. The molecule has 6 heteroatoms. The molecule has 0 unspecified atom stereocenters. The van der Waals surface area contributed by atoms with Crippen LogP contribution in [0.3, 0.4) is 0 Å². The van der Waals surface area contributed by atoms with Gasteiger partial charge in [-0.25, -0.2) is 0 Å². The van der Waals surface area contributed by atoms with Crippen molar-refractivity contribution in [2.45, 2.75) is 19.8 Å². The summed E-state index contributed by atoms with van der Waals surface area (Å²) in [5.41, 5.74) is 5.35. The van der Waals surface area contributed by atoms with Gasteiger partial charge in [0.2, 0.25) is 11.5 Å². The number of aromatic amines is 2. The topological polar surface area (TPSA) is 87.0 Å². The molecule has 2 aromatic heterocycles. The summed E-state index contributed by atoms with van der Waals surface area (Å²) in [4.78, 5) is 30.0. The predicted molar refractivity (Wildman–Crippen MR) is 119 cm³/mol. The minimum Gasteiger partial charge on any atom is -0.497 e. The Morgan fingerprint density at radius 3 is 2.60 bits per heavy atom. The van der Waals surface area contributed by atoms with E-state index in [1.54, 1.807) is 14.0 Å². The van der Waals surface area contributed by atoms with Crippen LogP contribution in [0.1, 0.15) is 17.5 Å². The third kappa shape index (κ3) is 3.98. The molecule has 0 saturated heterocycles. The quantitative estimate of drug-likeness (QED) is 0.447.